The molecule has 31 heavy (non-hydrogen) atoms. The minimum Gasteiger partial charge on any atom is -0.352 e. The summed E-state index contributed by atoms with van der Waals surface area (Å²) in [7, 11) is 0. The first-order chi connectivity index (χ1) is 14.8. The Morgan fingerprint density at radius 2 is 1.45 bits per heavy atom. The number of halogens is 1. The monoisotopic (exact) mass is 480 g/mol. The van der Waals surface area contributed by atoms with E-state index in [-0.39, 0.29) is 28.9 Å². The summed E-state index contributed by atoms with van der Waals surface area (Å²) in [6.45, 7) is 9.22. The Bertz CT molecular complexity index is 1100. The quantitative estimate of drug-likeness (QED) is 0.451. The Kier molecular flexibility index (Phi) is 7.50. The van der Waals surface area contributed by atoms with Gasteiger partial charge < -0.3 is 9.88 Å². The zero-order chi connectivity index (χ0) is 22.5. The number of aromatic nitrogens is 1. The Balaban J connectivity index is 2.38. The van der Waals surface area contributed by atoms with Gasteiger partial charge in [0.2, 0.25) is 0 Å². The van der Waals surface area contributed by atoms with E-state index in [1.807, 2.05) is 74.5 Å². The molecule has 3 rings (SSSR count). The molecule has 0 aliphatic carbocycles. The maximum absolute atomic E-state index is 13.8. The predicted octanol–water partition coefficient (Wildman–Crippen LogP) is 5.99. The highest BCUT2D eigenvalue weighted by Crippen LogP contribution is 2.38. The van der Waals surface area contributed by atoms with E-state index in [0.29, 0.717) is 18.7 Å². The number of rotatable bonds is 7. The van der Waals surface area contributed by atoms with Crippen molar-refractivity contribution in [1.29, 1.82) is 0 Å². The van der Waals surface area contributed by atoms with Gasteiger partial charge in [-0.25, -0.2) is 0 Å². The topological polar surface area (TPSA) is 51.1 Å². The molecular formula is C26H29BrN2O2. The van der Waals surface area contributed by atoms with E-state index in [9.17, 15) is 9.59 Å². The van der Waals surface area contributed by atoms with Crippen LogP contribution in [0.4, 0.5) is 0 Å². The first-order valence-corrected chi connectivity index (χ1v) is 11.5. The van der Waals surface area contributed by atoms with Gasteiger partial charge in [0.05, 0.1) is 10.2 Å². The van der Waals surface area contributed by atoms with Crippen LogP contribution in [0.15, 0.2) is 69.9 Å². The molecule has 0 aliphatic rings. The normalized spacial score (nSPS) is 11.2. The van der Waals surface area contributed by atoms with Gasteiger partial charge >= 0.3 is 0 Å². The predicted molar refractivity (Wildman–Crippen MR) is 131 cm³/mol. The van der Waals surface area contributed by atoms with Gasteiger partial charge in [-0.3, -0.25) is 9.59 Å². The van der Waals surface area contributed by atoms with Crippen LogP contribution in [0.3, 0.4) is 0 Å². The van der Waals surface area contributed by atoms with Crippen molar-refractivity contribution in [2.24, 2.45) is 11.8 Å². The number of pyridine rings is 1. The number of carbonyl (C=O) groups is 1. The molecule has 3 aromatic rings. The number of carbonyl (C=O) groups excluding carboxylic acids is 1. The third-order valence-corrected chi connectivity index (χ3v) is 5.73. The smallest absolute Gasteiger partial charge is 0.264 e. The van der Waals surface area contributed by atoms with Crippen LogP contribution in [0.5, 0.6) is 0 Å². The third kappa shape index (κ3) is 5.16. The molecule has 162 valence electrons. The van der Waals surface area contributed by atoms with Crippen LogP contribution < -0.4 is 10.9 Å². The highest BCUT2D eigenvalue weighted by molar-refractivity contribution is 9.10. The lowest BCUT2D eigenvalue weighted by molar-refractivity contribution is 0.0947. The molecule has 1 heterocycles. The van der Waals surface area contributed by atoms with E-state index in [1.54, 1.807) is 4.57 Å². The number of nitrogens with zero attached hydrogens (tertiary/aromatic N) is 1. The molecule has 0 atom stereocenters. The van der Waals surface area contributed by atoms with Crippen molar-refractivity contribution >= 4 is 21.8 Å². The van der Waals surface area contributed by atoms with Gasteiger partial charge in [-0.05, 0) is 38.9 Å². The largest absolute Gasteiger partial charge is 0.352 e. The molecule has 0 spiro atoms. The molecular weight excluding hydrogens is 452 g/mol. The lowest BCUT2D eigenvalue weighted by Gasteiger charge is -2.22. The van der Waals surface area contributed by atoms with Gasteiger partial charge in [0, 0.05) is 18.7 Å². The zero-order valence-electron chi connectivity index (χ0n) is 18.5. The fourth-order valence-corrected chi connectivity index (χ4v) is 4.45. The third-order valence-electron chi connectivity index (χ3n) is 4.96. The highest BCUT2D eigenvalue weighted by Gasteiger charge is 2.26. The summed E-state index contributed by atoms with van der Waals surface area (Å²) in [5.74, 6) is 0.186. The lowest BCUT2D eigenvalue weighted by Crippen LogP contribution is -2.37. The van der Waals surface area contributed by atoms with E-state index < -0.39 is 0 Å². The molecule has 0 saturated carbocycles. The summed E-state index contributed by atoms with van der Waals surface area (Å²) >= 11 is 3.79. The van der Waals surface area contributed by atoms with Crippen molar-refractivity contribution in [2.45, 2.75) is 34.2 Å². The Hall–Kier alpha value is -2.66. The second kappa shape index (κ2) is 10.1. The number of amides is 1. The van der Waals surface area contributed by atoms with E-state index in [2.05, 4.69) is 35.1 Å². The van der Waals surface area contributed by atoms with Crippen molar-refractivity contribution in [3.05, 3.63) is 81.1 Å². The molecule has 0 fully saturated rings. The standard InChI is InChI=1S/C26H29BrN2O2/c1-17(2)15-28-25(30)22-21(19-11-7-5-8-12-19)23(27)24(20-13-9-6-10-14-20)29(26(22)31)16-18(3)4/h5-14,17-18H,15-16H2,1-4H3,(H,28,30). The number of hydrogen-bond donors (Lipinski definition) is 1. The second-order valence-electron chi connectivity index (χ2n) is 8.56. The van der Waals surface area contributed by atoms with Crippen molar-refractivity contribution in [1.82, 2.24) is 9.88 Å². The van der Waals surface area contributed by atoms with E-state index in [4.69, 9.17) is 0 Å². The van der Waals surface area contributed by atoms with Gasteiger partial charge in [0.25, 0.3) is 11.5 Å². The SMILES string of the molecule is CC(C)CNC(=O)c1c(-c2ccccc2)c(Br)c(-c2ccccc2)n(CC(C)C)c1=O. The summed E-state index contributed by atoms with van der Waals surface area (Å²) in [6, 6.07) is 19.5. The molecule has 1 aromatic heterocycles. The van der Waals surface area contributed by atoms with Crippen LogP contribution in [0, 0.1) is 11.8 Å². The molecule has 4 nitrogen and oxygen atoms in total. The molecule has 0 aliphatic heterocycles. The van der Waals surface area contributed by atoms with Gasteiger partial charge in [0.1, 0.15) is 5.56 Å². The van der Waals surface area contributed by atoms with Crippen LogP contribution in [-0.4, -0.2) is 17.0 Å². The maximum Gasteiger partial charge on any atom is 0.264 e. The molecule has 2 aromatic carbocycles. The minimum absolute atomic E-state index is 0.180. The van der Waals surface area contributed by atoms with E-state index in [0.717, 1.165) is 21.3 Å². The van der Waals surface area contributed by atoms with Gasteiger partial charge in [-0.2, -0.15) is 0 Å². The minimum atomic E-state index is -0.338. The fourth-order valence-electron chi connectivity index (χ4n) is 3.58. The Morgan fingerprint density at radius 1 is 0.903 bits per heavy atom. The van der Waals surface area contributed by atoms with Crippen LogP contribution in [0.2, 0.25) is 0 Å². The average molecular weight is 481 g/mol. The number of benzene rings is 2. The van der Waals surface area contributed by atoms with Crippen LogP contribution in [-0.2, 0) is 6.54 Å². The molecule has 1 N–H and O–H groups in total. The zero-order valence-corrected chi connectivity index (χ0v) is 20.1. The Labute approximate surface area is 192 Å². The Morgan fingerprint density at radius 3 is 1.97 bits per heavy atom. The molecule has 0 bridgehead atoms. The molecule has 0 unspecified atom stereocenters. The summed E-state index contributed by atoms with van der Waals surface area (Å²) < 4.78 is 2.49. The van der Waals surface area contributed by atoms with Crippen molar-refractivity contribution in [3.63, 3.8) is 0 Å². The second-order valence-corrected chi connectivity index (χ2v) is 9.35. The van der Waals surface area contributed by atoms with Gasteiger partial charge in [-0.1, -0.05) is 88.4 Å². The first-order valence-electron chi connectivity index (χ1n) is 10.7. The van der Waals surface area contributed by atoms with E-state index in [1.165, 1.54) is 0 Å². The van der Waals surface area contributed by atoms with Crippen molar-refractivity contribution in [2.75, 3.05) is 6.54 Å². The lowest BCUT2D eigenvalue weighted by atomic mass is 9.97. The number of nitrogens with one attached hydrogen (secondary N) is 1. The van der Waals surface area contributed by atoms with Gasteiger partial charge in [0.15, 0.2) is 0 Å². The first kappa shape index (κ1) is 23.0. The van der Waals surface area contributed by atoms with E-state index >= 15 is 0 Å². The maximum atomic E-state index is 13.8. The summed E-state index contributed by atoms with van der Waals surface area (Å²) in [4.78, 5) is 27.1. The summed E-state index contributed by atoms with van der Waals surface area (Å²) in [6.07, 6.45) is 0. The number of hydrogen-bond acceptors (Lipinski definition) is 2. The molecule has 0 saturated heterocycles. The average Bonchev–Trinajstić information content (AvgIpc) is 2.75. The summed E-state index contributed by atoms with van der Waals surface area (Å²) in [5, 5.41) is 2.94. The van der Waals surface area contributed by atoms with Crippen LogP contribution in [0.1, 0.15) is 38.1 Å². The molecule has 0 radical (unpaired) electrons. The van der Waals surface area contributed by atoms with Crippen molar-refractivity contribution < 1.29 is 4.79 Å². The summed E-state index contributed by atoms with van der Waals surface area (Å²) in [5.41, 5.74) is 3.09. The highest BCUT2D eigenvalue weighted by atomic mass is 79.9. The van der Waals surface area contributed by atoms with Crippen molar-refractivity contribution in [3.8, 4) is 22.4 Å². The van der Waals surface area contributed by atoms with Gasteiger partial charge in [-0.15, -0.1) is 0 Å². The van der Waals surface area contributed by atoms with Crippen LogP contribution in [0.25, 0.3) is 22.4 Å². The van der Waals surface area contributed by atoms with Crippen LogP contribution >= 0.6 is 15.9 Å². The molecule has 5 heteroatoms. The molecule has 1 amide bonds. The fraction of sp³-hybridized carbons (Fsp3) is 0.308.